The normalized spacial score (nSPS) is 14.2. The Hall–Kier alpha value is -2.66. The van der Waals surface area contributed by atoms with Crippen LogP contribution < -0.4 is 20.6 Å². The third-order valence-electron chi connectivity index (χ3n) is 5.47. The topological polar surface area (TPSA) is 49.8 Å². The van der Waals surface area contributed by atoms with Gasteiger partial charge in [0.1, 0.15) is 0 Å². The van der Waals surface area contributed by atoms with Crippen LogP contribution in [-0.4, -0.2) is 44.2 Å². The van der Waals surface area contributed by atoms with Crippen molar-refractivity contribution < 1.29 is 4.74 Å². The Morgan fingerprint density at radius 3 is 2.86 bits per heavy atom. The molecule has 0 radical (unpaired) electrons. The molecular weight excluding hydrogens is 348 g/mol. The largest absolute Gasteiger partial charge is 0.481 e. The molecule has 146 valence electrons. The van der Waals surface area contributed by atoms with Crippen LogP contribution in [0.1, 0.15) is 30.0 Å². The Morgan fingerprint density at radius 1 is 1.25 bits per heavy atom. The van der Waals surface area contributed by atoms with Crippen molar-refractivity contribution in [3.8, 4) is 5.88 Å². The molecule has 1 aromatic heterocycles. The van der Waals surface area contributed by atoms with Crippen molar-refractivity contribution in [3.05, 3.63) is 63.4 Å². The molecule has 5 heteroatoms. The quantitative estimate of drug-likeness (QED) is 0.754. The van der Waals surface area contributed by atoms with Gasteiger partial charge in [0.2, 0.25) is 5.88 Å². The van der Waals surface area contributed by atoms with Gasteiger partial charge in [-0.3, -0.25) is 0 Å². The van der Waals surface area contributed by atoms with Gasteiger partial charge in [-0.1, -0.05) is 19.1 Å². The zero-order chi connectivity index (χ0) is 19.7. The summed E-state index contributed by atoms with van der Waals surface area (Å²) in [4.78, 5) is 11.5. The molecule has 1 N–H and O–H groups in total. The highest BCUT2D eigenvalue weighted by Gasteiger charge is 2.26. The maximum Gasteiger partial charge on any atom is 0.215 e. The highest BCUT2D eigenvalue weighted by molar-refractivity contribution is 5.90. The van der Waals surface area contributed by atoms with Gasteiger partial charge < -0.3 is 15.0 Å². The number of fused-ring (bicyclic) bond motifs is 4. The number of methoxy groups -OCH3 is 1. The molecule has 0 atom stereocenters. The van der Waals surface area contributed by atoms with Crippen LogP contribution in [0.4, 0.5) is 5.69 Å². The number of benzene rings is 1. The first-order valence-corrected chi connectivity index (χ1v) is 9.99. The van der Waals surface area contributed by atoms with Crippen LogP contribution in [0.2, 0.25) is 0 Å². The average Bonchev–Trinajstić information content (AvgIpc) is 3.08. The molecule has 0 saturated heterocycles. The second kappa shape index (κ2) is 7.76. The lowest BCUT2D eigenvalue weighted by atomic mass is 9.85. The van der Waals surface area contributed by atoms with Crippen molar-refractivity contribution in [2.45, 2.75) is 26.2 Å². The Balaban J connectivity index is 1.82. The summed E-state index contributed by atoms with van der Waals surface area (Å²) in [6, 6.07) is 6.43. The van der Waals surface area contributed by atoms with Gasteiger partial charge in [0.05, 0.1) is 18.2 Å². The average molecular weight is 377 g/mol. The van der Waals surface area contributed by atoms with Gasteiger partial charge in [0, 0.05) is 40.9 Å². The highest BCUT2D eigenvalue weighted by Crippen LogP contribution is 2.38. The molecule has 2 aromatic rings. The lowest BCUT2D eigenvalue weighted by molar-refractivity contribution is 0.397. The van der Waals surface area contributed by atoms with Crippen LogP contribution >= 0.6 is 0 Å². The fourth-order valence-corrected chi connectivity index (χ4v) is 4.06. The van der Waals surface area contributed by atoms with Gasteiger partial charge in [-0.15, -0.1) is 0 Å². The third-order valence-corrected chi connectivity index (χ3v) is 5.47. The van der Waals surface area contributed by atoms with Gasteiger partial charge >= 0.3 is 0 Å². The van der Waals surface area contributed by atoms with Crippen molar-refractivity contribution in [1.82, 2.24) is 9.88 Å². The summed E-state index contributed by atoms with van der Waals surface area (Å²) in [7, 11) is 5.87. The molecule has 0 saturated carbocycles. The number of rotatable bonds is 7. The Labute approximate surface area is 166 Å². The lowest BCUT2D eigenvalue weighted by Gasteiger charge is -2.23. The van der Waals surface area contributed by atoms with E-state index in [-0.39, 0.29) is 0 Å². The maximum atomic E-state index is 5.29. The number of hydrogen-bond acceptors (Lipinski definition) is 5. The van der Waals surface area contributed by atoms with Gasteiger partial charge in [0.15, 0.2) is 0 Å². The molecule has 4 rings (SSSR count). The van der Waals surface area contributed by atoms with E-state index in [1.54, 1.807) is 7.11 Å². The smallest absolute Gasteiger partial charge is 0.215 e. The summed E-state index contributed by atoms with van der Waals surface area (Å²) in [6.45, 7) is 4.25. The molecule has 1 aliphatic heterocycles. The molecule has 0 bridgehead atoms. The zero-order valence-electron chi connectivity index (χ0n) is 17.2. The number of anilines is 1. The van der Waals surface area contributed by atoms with Crippen molar-refractivity contribution in [2.75, 3.05) is 39.6 Å². The summed E-state index contributed by atoms with van der Waals surface area (Å²) >= 11 is 0. The van der Waals surface area contributed by atoms with Gasteiger partial charge in [-0.25, -0.2) is 9.98 Å². The highest BCUT2D eigenvalue weighted by atomic mass is 16.5. The van der Waals surface area contributed by atoms with E-state index in [9.17, 15) is 0 Å². The third kappa shape index (κ3) is 3.31. The molecule has 2 aliphatic rings. The fourth-order valence-electron chi connectivity index (χ4n) is 4.06. The van der Waals surface area contributed by atoms with E-state index in [4.69, 9.17) is 9.73 Å². The molecule has 0 spiro atoms. The predicted molar refractivity (Wildman–Crippen MR) is 113 cm³/mol. The van der Waals surface area contributed by atoms with E-state index in [0.717, 1.165) is 48.6 Å². The summed E-state index contributed by atoms with van der Waals surface area (Å²) in [5.41, 5.74) is 7.59. The number of allylic oxidation sites excluding steroid dienone is 2. The first-order valence-electron chi connectivity index (χ1n) is 9.99. The van der Waals surface area contributed by atoms with Gasteiger partial charge in [-0.05, 0) is 57.1 Å². The van der Waals surface area contributed by atoms with E-state index in [2.05, 4.69) is 54.4 Å². The minimum Gasteiger partial charge on any atom is -0.481 e. The fraction of sp³-hybridized carbons (Fsp3) is 0.391. The second-order valence-corrected chi connectivity index (χ2v) is 7.59. The Bertz CT molecular complexity index is 1050. The van der Waals surface area contributed by atoms with E-state index < -0.39 is 0 Å². The van der Waals surface area contributed by atoms with Crippen LogP contribution in [0.5, 0.6) is 5.88 Å². The minimum atomic E-state index is 0.604. The monoisotopic (exact) mass is 376 g/mol. The number of nitrogens with zero attached hydrogens (tertiary/aromatic N) is 3. The van der Waals surface area contributed by atoms with Crippen LogP contribution in [0.25, 0.3) is 5.57 Å². The maximum absolute atomic E-state index is 5.29. The zero-order valence-corrected chi connectivity index (χ0v) is 17.2. The lowest BCUT2D eigenvalue weighted by Crippen LogP contribution is -2.25. The summed E-state index contributed by atoms with van der Waals surface area (Å²) in [6.07, 6.45) is 7.21. The van der Waals surface area contributed by atoms with E-state index in [0.29, 0.717) is 5.88 Å². The van der Waals surface area contributed by atoms with E-state index >= 15 is 0 Å². The van der Waals surface area contributed by atoms with Gasteiger partial charge in [-0.2, -0.15) is 0 Å². The van der Waals surface area contributed by atoms with Crippen LogP contribution in [-0.2, 0) is 12.8 Å². The molecule has 1 aliphatic carbocycles. The van der Waals surface area contributed by atoms with Crippen LogP contribution in [0, 0.1) is 0 Å². The standard InChI is InChI=1S/C23H28N4O/c1-5-15-7-9-18(24-11-6-12-27(2)3)22-16(15)8-10-19-23(22)17-14-25-21(28-4)13-20(17)26-19/h7,9-10,13-14,24H,5-6,8,11-12H2,1-4H3. The van der Waals surface area contributed by atoms with E-state index in [1.165, 1.54) is 28.0 Å². The summed E-state index contributed by atoms with van der Waals surface area (Å²) in [5, 5.41) is 5.72. The SMILES string of the molecule is CCc1ccc(NCCCN(C)C)c2c1CC=C1N=c3cc(OC)ncc3=C12. The van der Waals surface area contributed by atoms with Gasteiger partial charge in [0.25, 0.3) is 0 Å². The Morgan fingerprint density at radius 2 is 2.11 bits per heavy atom. The Kier molecular flexibility index (Phi) is 5.18. The molecule has 2 heterocycles. The number of pyridine rings is 1. The van der Waals surface area contributed by atoms with E-state index in [1.807, 2.05) is 12.3 Å². The minimum absolute atomic E-state index is 0.604. The number of nitrogens with one attached hydrogen (secondary N) is 1. The molecule has 0 fully saturated rings. The molecular formula is C23H28N4O. The van der Waals surface area contributed by atoms with Crippen LogP contribution in [0.3, 0.4) is 0 Å². The first-order chi connectivity index (χ1) is 13.6. The number of hydrogen-bond donors (Lipinski definition) is 1. The number of ether oxygens (including phenoxy) is 1. The summed E-state index contributed by atoms with van der Waals surface area (Å²) < 4.78 is 5.29. The predicted octanol–water partition coefficient (Wildman–Crippen LogP) is 2.29. The molecule has 28 heavy (non-hydrogen) atoms. The van der Waals surface area contributed by atoms with Crippen molar-refractivity contribution >= 4 is 11.3 Å². The van der Waals surface area contributed by atoms with Crippen molar-refractivity contribution in [1.29, 1.82) is 0 Å². The molecule has 0 unspecified atom stereocenters. The van der Waals surface area contributed by atoms with Crippen molar-refractivity contribution in [2.24, 2.45) is 4.99 Å². The first kappa shape index (κ1) is 18.7. The van der Waals surface area contributed by atoms with Crippen molar-refractivity contribution in [3.63, 3.8) is 0 Å². The number of aromatic nitrogens is 1. The molecule has 1 aromatic carbocycles. The van der Waals surface area contributed by atoms with Crippen LogP contribution in [0.15, 0.2) is 41.2 Å². The summed E-state index contributed by atoms with van der Waals surface area (Å²) in [5.74, 6) is 0.604. The number of aryl methyl sites for hydroxylation is 1. The molecule has 0 amide bonds. The second-order valence-electron chi connectivity index (χ2n) is 7.59. The molecule has 5 nitrogen and oxygen atoms in total.